The number of carbonyl (C=O) groups excluding carboxylic acids is 1. The summed E-state index contributed by atoms with van der Waals surface area (Å²) in [7, 11) is 0. The van der Waals surface area contributed by atoms with E-state index >= 15 is 0 Å². The van der Waals surface area contributed by atoms with Crippen LogP contribution in [-0.4, -0.2) is 24.7 Å². The highest BCUT2D eigenvalue weighted by Crippen LogP contribution is 2.19. The lowest BCUT2D eigenvalue weighted by Crippen LogP contribution is -2.42. The van der Waals surface area contributed by atoms with Gasteiger partial charge < -0.3 is 4.74 Å². The fourth-order valence-electron chi connectivity index (χ4n) is 2.13. The van der Waals surface area contributed by atoms with Crippen LogP contribution < -0.4 is 5.32 Å². The molecule has 2 aliphatic rings. The molecule has 1 aliphatic carbocycles. The zero-order valence-corrected chi connectivity index (χ0v) is 7.92. The third-order valence-corrected chi connectivity index (χ3v) is 2.92. The van der Waals surface area contributed by atoms with Crippen molar-refractivity contribution in [1.29, 1.82) is 0 Å². The van der Waals surface area contributed by atoms with Crippen molar-refractivity contribution in [3.05, 3.63) is 0 Å². The second-order valence-corrected chi connectivity index (χ2v) is 3.97. The molecular weight excluding hydrogens is 166 g/mol. The Bertz CT molecular complexity index is 187. The van der Waals surface area contributed by atoms with Crippen LogP contribution in [0.25, 0.3) is 0 Å². The standard InChI is InChI=1S/C10H17NO2/c12-9-6-7-13-10(9)11-8-4-2-1-3-5-8/h8,10-11H,1-7H2. The Balaban J connectivity index is 1.79. The minimum absolute atomic E-state index is 0.227. The Morgan fingerprint density at radius 2 is 2.00 bits per heavy atom. The molecule has 0 radical (unpaired) electrons. The number of hydrogen-bond acceptors (Lipinski definition) is 3. The van der Waals surface area contributed by atoms with E-state index in [1.165, 1.54) is 32.1 Å². The van der Waals surface area contributed by atoms with Crippen molar-refractivity contribution in [2.45, 2.75) is 50.8 Å². The SMILES string of the molecule is O=C1CCOC1NC1CCCCC1. The van der Waals surface area contributed by atoms with Crippen LogP contribution in [0, 0.1) is 0 Å². The summed E-state index contributed by atoms with van der Waals surface area (Å²) in [6.07, 6.45) is 6.63. The van der Waals surface area contributed by atoms with Crippen LogP contribution in [0.5, 0.6) is 0 Å². The van der Waals surface area contributed by atoms with Gasteiger partial charge >= 0.3 is 0 Å². The Morgan fingerprint density at radius 1 is 1.23 bits per heavy atom. The number of ether oxygens (including phenoxy) is 1. The maximum atomic E-state index is 11.3. The van der Waals surface area contributed by atoms with Gasteiger partial charge in [0.2, 0.25) is 0 Å². The van der Waals surface area contributed by atoms with Crippen molar-refractivity contribution in [2.24, 2.45) is 0 Å². The van der Waals surface area contributed by atoms with E-state index in [1.807, 2.05) is 0 Å². The summed E-state index contributed by atoms with van der Waals surface area (Å²) in [4.78, 5) is 11.3. The molecule has 74 valence electrons. The fourth-order valence-corrected chi connectivity index (χ4v) is 2.13. The number of hydrogen-bond donors (Lipinski definition) is 1. The smallest absolute Gasteiger partial charge is 0.178 e. The van der Waals surface area contributed by atoms with Gasteiger partial charge in [0.1, 0.15) is 0 Å². The predicted molar refractivity (Wildman–Crippen MR) is 49.4 cm³/mol. The van der Waals surface area contributed by atoms with Crippen LogP contribution in [0.4, 0.5) is 0 Å². The first-order chi connectivity index (χ1) is 6.36. The highest BCUT2D eigenvalue weighted by molar-refractivity contribution is 5.84. The molecule has 1 aliphatic heterocycles. The molecule has 2 rings (SSSR count). The van der Waals surface area contributed by atoms with E-state index in [1.54, 1.807) is 0 Å². The molecule has 3 heteroatoms. The zero-order valence-electron chi connectivity index (χ0n) is 7.92. The summed E-state index contributed by atoms with van der Waals surface area (Å²) in [6.45, 7) is 0.600. The van der Waals surface area contributed by atoms with Crippen LogP contribution in [0.3, 0.4) is 0 Å². The Kier molecular flexibility index (Phi) is 2.96. The van der Waals surface area contributed by atoms with Gasteiger partial charge in [-0.3, -0.25) is 10.1 Å². The highest BCUT2D eigenvalue weighted by Gasteiger charge is 2.27. The normalized spacial score (nSPS) is 31.1. The van der Waals surface area contributed by atoms with Crippen molar-refractivity contribution in [2.75, 3.05) is 6.61 Å². The summed E-state index contributed by atoms with van der Waals surface area (Å²) < 4.78 is 5.31. The molecule has 2 fully saturated rings. The zero-order chi connectivity index (χ0) is 9.10. The molecule has 0 spiro atoms. The van der Waals surface area contributed by atoms with Crippen molar-refractivity contribution < 1.29 is 9.53 Å². The largest absolute Gasteiger partial charge is 0.355 e. The van der Waals surface area contributed by atoms with Gasteiger partial charge in [0.25, 0.3) is 0 Å². The second kappa shape index (κ2) is 4.20. The molecule has 1 atom stereocenters. The van der Waals surface area contributed by atoms with Gasteiger partial charge in [0, 0.05) is 12.5 Å². The van der Waals surface area contributed by atoms with Gasteiger partial charge in [-0.2, -0.15) is 0 Å². The van der Waals surface area contributed by atoms with Gasteiger partial charge in [-0.05, 0) is 12.8 Å². The maximum Gasteiger partial charge on any atom is 0.178 e. The Hall–Kier alpha value is -0.410. The third kappa shape index (κ3) is 2.29. The monoisotopic (exact) mass is 183 g/mol. The second-order valence-electron chi connectivity index (χ2n) is 3.97. The highest BCUT2D eigenvalue weighted by atomic mass is 16.5. The summed E-state index contributed by atoms with van der Waals surface area (Å²) in [6, 6.07) is 0.515. The molecule has 1 saturated heterocycles. The third-order valence-electron chi connectivity index (χ3n) is 2.92. The fraction of sp³-hybridized carbons (Fsp3) is 0.900. The molecule has 1 N–H and O–H groups in total. The molecule has 13 heavy (non-hydrogen) atoms. The van der Waals surface area contributed by atoms with E-state index in [2.05, 4.69) is 5.32 Å². The minimum Gasteiger partial charge on any atom is -0.355 e. The molecule has 1 saturated carbocycles. The van der Waals surface area contributed by atoms with Gasteiger partial charge in [-0.15, -0.1) is 0 Å². The average Bonchev–Trinajstić information content (AvgIpc) is 2.54. The van der Waals surface area contributed by atoms with Crippen LogP contribution >= 0.6 is 0 Å². The number of carbonyl (C=O) groups is 1. The quantitative estimate of drug-likeness (QED) is 0.699. The molecule has 1 heterocycles. The van der Waals surface area contributed by atoms with Crippen LogP contribution in [0.15, 0.2) is 0 Å². The molecule has 3 nitrogen and oxygen atoms in total. The van der Waals surface area contributed by atoms with Crippen LogP contribution in [-0.2, 0) is 9.53 Å². The molecule has 0 amide bonds. The lowest BCUT2D eigenvalue weighted by molar-refractivity contribution is -0.124. The van der Waals surface area contributed by atoms with Crippen LogP contribution in [0.1, 0.15) is 38.5 Å². The van der Waals surface area contributed by atoms with E-state index < -0.39 is 0 Å². The van der Waals surface area contributed by atoms with E-state index in [9.17, 15) is 4.79 Å². The van der Waals surface area contributed by atoms with Crippen molar-refractivity contribution in [3.63, 3.8) is 0 Å². The first-order valence-corrected chi connectivity index (χ1v) is 5.26. The van der Waals surface area contributed by atoms with Crippen LogP contribution in [0.2, 0.25) is 0 Å². The van der Waals surface area contributed by atoms with E-state index in [0.717, 1.165) is 0 Å². The summed E-state index contributed by atoms with van der Waals surface area (Å²) in [5.41, 5.74) is 0. The molecule has 0 aromatic rings. The molecule has 0 bridgehead atoms. The lowest BCUT2D eigenvalue weighted by Gasteiger charge is -2.25. The van der Waals surface area contributed by atoms with Gasteiger partial charge in [-0.25, -0.2) is 0 Å². The molecule has 0 aromatic carbocycles. The molecule has 0 aromatic heterocycles. The van der Waals surface area contributed by atoms with E-state index in [0.29, 0.717) is 19.1 Å². The number of rotatable bonds is 2. The predicted octanol–water partition coefficient (Wildman–Crippen LogP) is 1.22. The Labute approximate surface area is 78.8 Å². The Morgan fingerprint density at radius 3 is 2.62 bits per heavy atom. The summed E-state index contributed by atoms with van der Waals surface area (Å²) >= 11 is 0. The number of ketones is 1. The summed E-state index contributed by atoms with van der Waals surface area (Å²) in [5, 5.41) is 3.30. The van der Waals surface area contributed by atoms with Gasteiger partial charge in [0.05, 0.1) is 6.61 Å². The lowest BCUT2D eigenvalue weighted by atomic mass is 9.95. The molecule has 1 unspecified atom stereocenters. The van der Waals surface area contributed by atoms with Crippen molar-refractivity contribution in [1.82, 2.24) is 5.32 Å². The number of Topliss-reactive ketones (excluding diaryl/α,β-unsaturated/α-hetero) is 1. The van der Waals surface area contributed by atoms with Crippen molar-refractivity contribution >= 4 is 5.78 Å². The van der Waals surface area contributed by atoms with Crippen molar-refractivity contribution in [3.8, 4) is 0 Å². The minimum atomic E-state index is -0.289. The topological polar surface area (TPSA) is 38.3 Å². The first-order valence-electron chi connectivity index (χ1n) is 5.26. The van der Waals surface area contributed by atoms with Gasteiger partial charge in [-0.1, -0.05) is 19.3 Å². The first kappa shape index (κ1) is 9.16. The maximum absolute atomic E-state index is 11.3. The van der Waals surface area contributed by atoms with E-state index in [-0.39, 0.29) is 12.0 Å². The van der Waals surface area contributed by atoms with Gasteiger partial charge in [0.15, 0.2) is 12.0 Å². The summed E-state index contributed by atoms with van der Waals surface area (Å²) in [5.74, 6) is 0.227. The molecular formula is C10H17NO2. The number of nitrogens with one attached hydrogen (secondary N) is 1. The van der Waals surface area contributed by atoms with E-state index in [4.69, 9.17) is 4.74 Å². The average molecular weight is 183 g/mol.